The Balaban J connectivity index is 2.65. The molecule has 2 amide bonds. The van der Waals surface area contributed by atoms with Crippen molar-refractivity contribution < 1.29 is 33.7 Å². The Morgan fingerprint density at radius 3 is 2.31 bits per heavy atom. The van der Waals surface area contributed by atoms with E-state index in [-0.39, 0.29) is 18.2 Å². The molecule has 0 spiro atoms. The molecule has 1 atom stereocenters. The number of benzene rings is 1. The molecule has 1 heterocycles. The number of hydrogen-bond donors (Lipinski definition) is 0. The second kappa shape index (κ2) is 9.42. The van der Waals surface area contributed by atoms with Gasteiger partial charge >= 0.3 is 0 Å². The van der Waals surface area contributed by atoms with Crippen molar-refractivity contribution in [3.8, 4) is 11.5 Å². The number of carbonyl (C=O) groups excluding carboxylic acids is 3. The molecule has 2 rings (SSSR count). The molecule has 0 aliphatic carbocycles. The fraction of sp³-hybridized carbons (Fsp3) is 0.450. The Kier molecular flexibility index (Phi) is 7.22. The van der Waals surface area contributed by atoms with Crippen molar-refractivity contribution in [1.82, 2.24) is 9.80 Å². The third kappa shape index (κ3) is 4.68. The predicted molar refractivity (Wildman–Crippen MR) is 102 cm³/mol. The first-order valence-electron chi connectivity index (χ1n) is 9.00. The average molecular weight is 405 g/mol. The molecule has 0 saturated heterocycles. The summed E-state index contributed by atoms with van der Waals surface area (Å²) in [5.41, 5.74) is 0.719. The minimum atomic E-state index is -1.41. The van der Waals surface area contributed by atoms with Crippen molar-refractivity contribution in [2.45, 2.75) is 19.9 Å². The van der Waals surface area contributed by atoms with E-state index >= 15 is 0 Å². The van der Waals surface area contributed by atoms with Crippen LogP contribution in [0.5, 0.6) is 11.5 Å². The highest BCUT2D eigenvalue weighted by molar-refractivity contribution is 5.99. The Hall–Kier alpha value is -3.07. The number of carbonyl (C=O) groups is 3. The molecule has 0 fully saturated rings. The van der Waals surface area contributed by atoms with Gasteiger partial charge in [-0.1, -0.05) is 13.8 Å². The van der Waals surface area contributed by atoms with Crippen molar-refractivity contribution in [1.29, 1.82) is 0 Å². The third-order valence-corrected chi connectivity index (χ3v) is 4.52. The normalized spacial score (nSPS) is 16.7. The summed E-state index contributed by atoms with van der Waals surface area (Å²) in [6, 6.07) is 4.03. The summed E-state index contributed by atoms with van der Waals surface area (Å²) in [5, 5.41) is 11.3. The summed E-state index contributed by atoms with van der Waals surface area (Å²) in [6.45, 7) is 2.70. The topological polar surface area (TPSA) is 108 Å². The molecule has 9 nitrogen and oxygen atoms in total. The number of amides is 2. The Labute approximate surface area is 169 Å². The fourth-order valence-corrected chi connectivity index (χ4v) is 3.23. The van der Waals surface area contributed by atoms with E-state index in [9.17, 15) is 19.5 Å². The SMILES string of the molecule is COCC(=O)N1C=C(c2ccc(OC)c(OC)c2)N(CC(=O)[O-])C(=O)C1C(C)C. The van der Waals surface area contributed by atoms with Crippen LogP contribution in [-0.2, 0) is 19.1 Å². The summed E-state index contributed by atoms with van der Waals surface area (Å²) >= 11 is 0. The average Bonchev–Trinajstić information content (AvgIpc) is 2.68. The van der Waals surface area contributed by atoms with Crippen LogP contribution < -0.4 is 14.6 Å². The summed E-state index contributed by atoms with van der Waals surface area (Å²) in [4.78, 5) is 39.5. The van der Waals surface area contributed by atoms with E-state index < -0.39 is 30.4 Å². The minimum absolute atomic E-state index is 0.216. The van der Waals surface area contributed by atoms with Gasteiger partial charge in [-0.25, -0.2) is 0 Å². The fourth-order valence-electron chi connectivity index (χ4n) is 3.23. The first-order valence-corrected chi connectivity index (χ1v) is 9.00. The molecule has 1 aromatic rings. The van der Waals surface area contributed by atoms with Crippen molar-refractivity contribution in [3.05, 3.63) is 30.0 Å². The lowest BCUT2D eigenvalue weighted by molar-refractivity contribution is -0.305. The van der Waals surface area contributed by atoms with Gasteiger partial charge in [0, 0.05) is 18.9 Å². The van der Waals surface area contributed by atoms with Crippen LogP contribution in [0.1, 0.15) is 19.4 Å². The molecule has 0 bridgehead atoms. The van der Waals surface area contributed by atoms with Gasteiger partial charge in [0.2, 0.25) is 0 Å². The van der Waals surface area contributed by atoms with E-state index in [1.807, 2.05) is 0 Å². The van der Waals surface area contributed by atoms with Crippen LogP contribution in [0, 0.1) is 5.92 Å². The molecule has 0 saturated carbocycles. The van der Waals surface area contributed by atoms with Gasteiger partial charge in [0.25, 0.3) is 11.8 Å². The monoisotopic (exact) mass is 405 g/mol. The number of carboxylic acid groups (broad SMARTS) is 1. The van der Waals surface area contributed by atoms with Crippen LogP contribution in [0.4, 0.5) is 0 Å². The van der Waals surface area contributed by atoms with E-state index in [1.165, 1.54) is 32.4 Å². The lowest BCUT2D eigenvalue weighted by atomic mass is 9.97. The van der Waals surface area contributed by atoms with Gasteiger partial charge in [0.05, 0.1) is 32.4 Å². The second-order valence-electron chi connectivity index (χ2n) is 6.80. The molecular weight excluding hydrogens is 380 g/mol. The quantitative estimate of drug-likeness (QED) is 0.603. The highest BCUT2D eigenvalue weighted by atomic mass is 16.5. The van der Waals surface area contributed by atoms with Crippen molar-refractivity contribution in [2.75, 3.05) is 34.5 Å². The number of rotatable bonds is 8. The van der Waals surface area contributed by atoms with Gasteiger partial charge in [-0.05, 0) is 24.1 Å². The van der Waals surface area contributed by atoms with E-state index in [4.69, 9.17) is 14.2 Å². The summed E-state index contributed by atoms with van der Waals surface area (Å²) in [6.07, 6.45) is 1.47. The zero-order chi connectivity index (χ0) is 21.7. The van der Waals surface area contributed by atoms with Crippen molar-refractivity contribution in [2.24, 2.45) is 5.92 Å². The molecule has 1 unspecified atom stereocenters. The number of hydrogen-bond acceptors (Lipinski definition) is 7. The van der Waals surface area contributed by atoms with Crippen LogP contribution in [0.3, 0.4) is 0 Å². The van der Waals surface area contributed by atoms with Crippen molar-refractivity contribution >= 4 is 23.5 Å². The molecule has 1 aromatic carbocycles. The Morgan fingerprint density at radius 2 is 1.79 bits per heavy atom. The standard InChI is InChI=1S/C20H26N2O7/c1-12(2)19-20(26)21(10-18(24)25)14(9-22(19)17(23)11-27-3)13-6-7-15(28-4)16(8-13)29-5/h6-9,12,19H,10-11H2,1-5H3,(H,24,25)/p-1. The first kappa shape index (κ1) is 22.2. The van der Waals surface area contributed by atoms with Crippen LogP contribution >= 0.6 is 0 Å². The number of ether oxygens (including phenoxy) is 3. The largest absolute Gasteiger partial charge is 0.548 e. The molecular formula is C20H25N2O7-. The van der Waals surface area contributed by atoms with E-state index in [1.54, 1.807) is 32.0 Å². The van der Waals surface area contributed by atoms with Gasteiger partial charge in [-0.15, -0.1) is 0 Å². The summed E-state index contributed by atoms with van der Waals surface area (Å²) in [5.74, 6) is -1.73. The molecule has 29 heavy (non-hydrogen) atoms. The molecule has 0 radical (unpaired) electrons. The third-order valence-electron chi connectivity index (χ3n) is 4.52. The van der Waals surface area contributed by atoms with Gasteiger partial charge in [0.1, 0.15) is 12.6 Å². The van der Waals surface area contributed by atoms with Gasteiger partial charge in [-0.3, -0.25) is 9.59 Å². The minimum Gasteiger partial charge on any atom is -0.548 e. The summed E-state index contributed by atoms with van der Waals surface area (Å²) < 4.78 is 15.5. The smallest absolute Gasteiger partial charge is 0.253 e. The first-order chi connectivity index (χ1) is 13.7. The van der Waals surface area contributed by atoms with Gasteiger partial charge < -0.3 is 33.9 Å². The highest BCUT2D eigenvalue weighted by Gasteiger charge is 2.40. The van der Waals surface area contributed by atoms with Crippen molar-refractivity contribution in [3.63, 3.8) is 0 Å². The predicted octanol–water partition coefficient (Wildman–Crippen LogP) is 0.0939. The maximum atomic E-state index is 13.2. The van der Waals surface area contributed by atoms with Crippen LogP contribution in [0.25, 0.3) is 5.70 Å². The molecule has 158 valence electrons. The van der Waals surface area contributed by atoms with E-state index in [0.29, 0.717) is 17.1 Å². The van der Waals surface area contributed by atoms with E-state index in [2.05, 4.69) is 0 Å². The Bertz CT molecular complexity index is 819. The van der Waals surface area contributed by atoms with Gasteiger partial charge in [0.15, 0.2) is 11.5 Å². The lowest BCUT2D eigenvalue weighted by Gasteiger charge is -2.41. The van der Waals surface area contributed by atoms with Crippen LogP contribution in [0.15, 0.2) is 24.4 Å². The molecule has 1 aliphatic rings. The number of nitrogens with zero attached hydrogens (tertiary/aromatic N) is 2. The number of carboxylic acids is 1. The number of methoxy groups -OCH3 is 3. The maximum absolute atomic E-state index is 13.2. The maximum Gasteiger partial charge on any atom is 0.253 e. The second-order valence-corrected chi connectivity index (χ2v) is 6.80. The van der Waals surface area contributed by atoms with E-state index in [0.717, 1.165) is 4.90 Å². The zero-order valence-corrected chi connectivity index (χ0v) is 17.1. The lowest BCUT2D eigenvalue weighted by Crippen LogP contribution is -2.57. The summed E-state index contributed by atoms with van der Waals surface area (Å²) in [7, 11) is 4.33. The van der Waals surface area contributed by atoms with Crippen LogP contribution in [0.2, 0.25) is 0 Å². The Morgan fingerprint density at radius 1 is 1.14 bits per heavy atom. The molecule has 0 N–H and O–H groups in total. The highest BCUT2D eigenvalue weighted by Crippen LogP contribution is 2.35. The molecule has 1 aliphatic heterocycles. The zero-order valence-electron chi connectivity index (χ0n) is 17.1. The number of aliphatic carboxylic acids is 1. The molecule has 0 aromatic heterocycles. The van der Waals surface area contributed by atoms with Crippen LogP contribution in [-0.4, -0.2) is 68.1 Å². The molecule has 9 heteroatoms. The van der Waals surface area contributed by atoms with Gasteiger partial charge in [-0.2, -0.15) is 0 Å².